The molecule has 0 unspecified atom stereocenters. The van der Waals surface area contributed by atoms with Crippen LogP contribution in [0.15, 0.2) is 109 Å². The van der Waals surface area contributed by atoms with Crippen molar-refractivity contribution < 1.29 is 0 Å². The lowest BCUT2D eigenvalue weighted by Gasteiger charge is -2.06. The maximum atomic E-state index is 5.03. The van der Waals surface area contributed by atoms with E-state index in [0.717, 1.165) is 33.8 Å². The van der Waals surface area contributed by atoms with Gasteiger partial charge >= 0.3 is 0 Å². The first-order chi connectivity index (χ1) is 19.8. The van der Waals surface area contributed by atoms with Gasteiger partial charge in [-0.25, -0.2) is 9.97 Å². The third-order valence-electron chi connectivity index (χ3n) is 7.59. The largest absolute Gasteiger partial charge is 0.255 e. The van der Waals surface area contributed by atoms with Crippen LogP contribution in [0.3, 0.4) is 0 Å². The van der Waals surface area contributed by atoms with Crippen LogP contribution in [0.2, 0.25) is 0 Å². The van der Waals surface area contributed by atoms with E-state index in [4.69, 9.17) is 9.97 Å². The first kappa shape index (κ1) is 22.1. The molecule has 0 spiro atoms. The zero-order valence-electron chi connectivity index (χ0n) is 21.0. The van der Waals surface area contributed by atoms with E-state index in [1.54, 1.807) is 0 Å². The summed E-state index contributed by atoms with van der Waals surface area (Å²) in [6.07, 6.45) is 3.63. The lowest BCUT2D eigenvalue weighted by Crippen LogP contribution is -1.88. The number of nitrogens with zero attached hydrogens (tertiary/aromatic N) is 4. The molecule has 0 aliphatic carbocycles. The predicted molar refractivity (Wildman–Crippen MR) is 169 cm³/mol. The molecule has 40 heavy (non-hydrogen) atoms. The molecular weight excluding hydrogens is 529 g/mol. The summed E-state index contributed by atoms with van der Waals surface area (Å²) in [4.78, 5) is 19.1. The topological polar surface area (TPSA) is 51.6 Å². The van der Waals surface area contributed by atoms with Crippen LogP contribution in [-0.2, 0) is 0 Å². The van der Waals surface area contributed by atoms with Crippen molar-refractivity contribution in [3.63, 3.8) is 0 Å². The Kier molecular flexibility index (Phi) is 4.61. The Morgan fingerprint density at radius 1 is 0.375 bits per heavy atom. The molecule has 0 bridgehead atoms. The number of hydrogen-bond donors (Lipinski definition) is 0. The maximum Gasteiger partial charge on any atom is 0.0893 e. The Morgan fingerprint density at radius 3 is 1.27 bits per heavy atom. The van der Waals surface area contributed by atoms with E-state index >= 15 is 0 Å². The predicted octanol–water partition coefficient (Wildman–Crippen LogP) is 9.64. The van der Waals surface area contributed by atoms with E-state index < -0.39 is 0 Å². The van der Waals surface area contributed by atoms with E-state index in [2.05, 4.69) is 70.6 Å². The van der Waals surface area contributed by atoms with Gasteiger partial charge in [0.25, 0.3) is 0 Å². The Bertz CT molecular complexity index is 2250. The van der Waals surface area contributed by atoms with Crippen LogP contribution in [0.5, 0.6) is 0 Å². The third kappa shape index (κ3) is 3.18. The second-order valence-corrected chi connectivity index (χ2v) is 12.0. The smallest absolute Gasteiger partial charge is 0.0893 e. The molecule has 0 radical (unpaired) electrons. The fourth-order valence-electron chi connectivity index (χ4n) is 5.84. The quantitative estimate of drug-likeness (QED) is 0.217. The fraction of sp³-hybridized carbons (Fsp3) is 0. The van der Waals surface area contributed by atoms with Gasteiger partial charge in [0, 0.05) is 63.5 Å². The fourth-order valence-corrected chi connectivity index (χ4v) is 8.09. The zero-order valence-corrected chi connectivity index (χ0v) is 22.6. The SMILES string of the molecule is c1ccc(-c2ccc3c(ccc4sc5ccc6sc7ccc8nc(-c9ccccn9)ccc8c7c6c5c43)n2)nc1. The van der Waals surface area contributed by atoms with Gasteiger partial charge in [-0.3, -0.25) is 9.97 Å². The van der Waals surface area contributed by atoms with Crippen molar-refractivity contribution in [2.75, 3.05) is 0 Å². The van der Waals surface area contributed by atoms with E-state index in [1.807, 2.05) is 71.5 Å². The molecule has 4 nitrogen and oxygen atoms in total. The Balaban J connectivity index is 1.37. The molecule has 6 heteroatoms. The summed E-state index contributed by atoms with van der Waals surface area (Å²) in [5.41, 5.74) is 5.51. The van der Waals surface area contributed by atoms with E-state index in [1.165, 1.54) is 51.1 Å². The lowest BCUT2D eigenvalue weighted by atomic mass is 10.00. The number of fused-ring (bicyclic) bond motifs is 11. The molecule has 6 heterocycles. The van der Waals surface area contributed by atoms with Crippen LogP contribution >= 0.6 is 22.7 Å². The van der Waals surface area contributed by atoms with Crippen molar-refractivity contribution >= 4 is 84.8 Å². The van der Waals surface area contributed by atoms with Crippen molar-refractivity contribution in [3.05, 3.63) is 109 Å². The first-order valence-corrected chi connectivity index (χ1v) is 14.7. The molecule has 186 valence electrons. The highest BCUT2D eigenvalue weighted by Gasteiger charge is 2.18. The summed E-state index contributed by atoms with van der Waals surface area (Å²) in [6.45, 7) is 0. The standard InChI is InChI=1S/C34H18N4S2/c1-3-17-35-23(5-1)25-9-7-19-21(37-25)11-13-27-31(19)33-29(39-27)15-16-30-34(33)32-20-8-10-26(24-6-2-4-18-36-24)38-22(20)12-14-28(32)40-30/h1-18H. The molecule has 0 fully saturated rings. The lowest BCUT2D eigenvalue weighted by molar-refractivity contribution is 1.28. The zero-order chi connectivity index (χ0) is 26.2. The maximum absolute atomic E-state index is 5.03. The highest BCUT2D eigenvalue weighted by molar-refractivity contribution is 7.28. The van der Waals surface area contributed by atoms with Crippen LogP contribution in [-0.4, -0.2) is 19.9 Å². The van der Waals surface area contributed by atoms with Crippen molar-refractivity contribution in [1.82, 2.24) is 19.9 Å². The Morgan fingerprint density at radius 2 is 0.825 bits per heavy atom. The minimum atomic E-state index is 0.884. The van der Waals surface area contributed by atoms with Crippen molar-refractivity contribution in [2.24, 2.45) is 0 Å². The van der Waals surface area contributed by atoms with Gasteiger partial charge in [0.15, 0.2) is 0 Å². The molecule has 0 saturated carbocycles. The summed E-state index contributed by atoms with van der Waals surface area (Å²) < 4.78 is 5.13. The molecule has 9 aromatic rings. The van der Waals surface area contributed by atoms with Gasteiger partial charge in [-0.2, -0.15) is 0 Å². The molecule has 3 aromatic carbocycles. The Hall–Kier alpha value is -4.78. The van der Waals surface area contributed by atoms with Gasteiger partial charge in [-0.05, 0) is 84.9 Å². The molecule has 0 aliphatic heterocycles. The van der Waals surface area contributed by atoms with Crippen LogP contribution in [0.25, 0.3) is 84.9 Å². The molecule has 6 aromatic heterocycles. The summed E-state index contributed by atoms with van der Waals surface area (Å²) in [7, 11) is 0. The average molecular weight is 547 g/mol. The molecular formula is C34H18N4S2. The number of thiophene rings is 2. The van der Waals surface area contributed by atoms with Crippen LogP contribution in [0.4, 0.5) is 0 Å². The molecule has 0 N–H and O–H groups in total. The van der Waals surface area contributed by atoms with Crippen molar-refractivity contribution in [3.8, 4) is 22.8 Å². The first-order valence-electron chi connectivity index (χ1n) is 13.1. The second-order valence-electron chi connectivity index (χ2n) is 9.85. The van der Waals surface area contributed by atoms with E-state index in [0.29, 0.717) is 0 Å². The molecule has 0 aliphatic rings. The highest BCUT2D eigenvalue weighted by Crippen LogP contribution is 2.48. The number of benzene rings is 3. The van der Waals surface area contributed by atoms with E-state index in [-0.39, 0.29) is 0 Å². The summed E-state index contributed by atoms with van der Waals surface area (Å²) >= 11 is 3.70. The van der Waals surface area contributed by atoms with Crippen LogP contribution in [0, 0.1) is 0 Å². The van der Waals surface area contributed by atoms with Gasteiger partial charge < -0.3 is 0 Å². The highest BCUT2D eigenvalue weighted by atomic mass is 32.1. The number of aromatic nitrogens is 4. The van der Waals surface area contributed by atoms with Gasteiger partial charge in [-0.1, -0.05) is 12.1 Å². The monoisotopic (exact) mass is 546 g/mol. The Labute approximate surface area is 236 Å². The summed E-state index contributed by atoms with van der Waals surface area (Å²) in [5.74, 6) is 0. The van der Waals surface area contributed by atoms with Gasteiger partial charge in [0.1, 0.15) is 0 Å². The average Bonchev–Trinajstić information content (AvgIpc) is 3.60. The second kappa shape index (κ2) is 8.36. The number of hydrogen-bond acceptors (Lipinski definition) is 6. The van der Waals surface area contributed by atoms with Gasteiger partial charge in [0.2, 0.25) is 0 Å². The molecule has 9 rings (SSSR count). The van der Waals surface area contributed by atoms with Gasteiger partial charge in [-0.15, -0.1) is 22.7 Å². The molecule has 0 amide bonds. The van der Waals surface area contributed by atoms with Crippen molar-refractivity contribution in [2.45, 2.75) is 0 Å². The minimum Gasteiger partial charge on any atom is -0.255 e. The van der Waals surface area contributed by atoms with Gasteiger partial charge in [0.05, 0.1) is 33.8 Å². The van der Waals surface area contributed by atoms with Crippen LogP contribution < -0.4 is 0 Å². The molecule has 0 saturated heterocycles. The van der Waals surface area contributed by atoms with Crippen molar-refractivity contribution in [1.29, 1.82) is 0 Å². The van der Waals surface area contributed by atoms with E-state index in [9.17, 15) is 0 Å². The normalized spacial score (nSPS) is 12.0. The summed E-state index contributed by atoms with van der Waals surface area (Å²) in [6, 6.07) is 33.8. The number of rotatable bonds is 2. The third-order valence-corrected chi connectivity index (χ3v) is 9.83. The number of pyridine rings is 4. The molecule has 0 atom stereocenters. The summed E-state index contributed by atoms with van der Waals surface area (Å²) in [5, 5.41) is 7.51. The minimum absolute atomic E-state index is 0.884. The van der Waals surface area contributed by atoms with Crippen LogP contribution in [0.1, 0.15) is 0 Å².